The molecule has 1 aliphatic rings. The molecule has 1 atom stereocenters. The van der Waals surface area contributed by atoms with Gasteiger partial charge in [0.05, 0.1) is 12.3 Å². The number of hydrogen-bond acceptors (Lipinski definition) is 4. The summed E-state index contributed by atoms with van der Waals surface area (Å²) in [6.07, 6.45) is -0.514. The van der Waals surface area contributed by atoms with Crippen LogP contribution in [0.4, 0.5) is 11.4 Å². The number of hydrogen-bond donors (Lipinski definition) is 1. The van der Waals surface area contributed by atoms with Crippen molar-refractivity contribution in [1.82, 2.24) is 0 Å². The van der Waals surface area contributed by atoms with Crippen molar-refractivity contribution >= 4 is 23.2 Å². The molecule has 1 heterocycles. The molecule has 3 rings (SSSR count). The first-order valence-corrected chi connectivity index (χ1v) is 8.97. The van der Waals surface area contributed by atoms with Crippen molar-refractivity contribution in [3.05, 3.63) is 48.0 Å². The summed E-state index contributed by atoms with van der Waals surface area (Å²) in [5.41, 5.74) is 1.75. The van der Waals surface area contributed by atoms with Crippen LogP contribution in [0.1, 0.15) is 31.1 Å². The van der Waals surface area contributed by atoms with E-state index in [9.17, 15) is 9.59 Å². The maximum atomic E-state index is 12.5. The van der Waals surface area contributed by atoms with Crippen LogP contribution >= 0.6 is 0 Å². The lowest BCUT2D eigenvalue weighted by Crippen LogP contribution is -2.41. The molecule has 2 aromatic rings. The fourth-order valence-corrected chi connectivity index (χ4v) is 2.76. The molecule has 27 heavy (non-hydrogen) atoms. The van der Waals surface area contributed by atoms with Gasteiger partial charge in [0.25, 0.3) is 11.8 Å². The number of carbonyl (C=O) groups excluding carboxylic acids is 2. The first-order chi connectivity index (χ1) is 12.8. The van der Waals surface area contributed by atoms with E-state index in [4.69, 9.17) is 9.47 Å². The predicted molar refractivity (Wildman–Crippen MR) is 105 cm³/mol. The zero-order valence-electron chi connectivity index (χ0n) is 16.0. The van der Waals surface area contributed by atoms with Crippen molar-refractivity contribution in [2.24, 2.45) is 5.92 Å². The number of amides is 2. The number of anilines is 2. The molecule has 0 aliphatic carbocycles. The predicted octanol–water partition coefficient (Wildman–Crippen LogP) is 3.72. The van der Waals surface area contributed by atoms with E-state index in [-0.39, 0.29) is 11.8 Å². The van der Waals surface area contributed by atoms with Crippen LogP contribution in [0, 0.1) is 5.92 Å². The molecule has 142 valence electrons. The summed E-state index contributed by atoms with van der Waals surface area (Å²) in [5, 5.41) is 2.85. The second kappa shape index (κ2) is 7.70. The third-order valence-electron chi connectivity index (χ3n) is 4.26. The van der Waals surface area contributed by atoms with Gasteiger partial charge < -0.3 is 19.7 Å². The molecule has 6 nitrogen and oxygen atoms in total. The Morgan fingerprint density at radius 2 is 1.93 bits per heavy atom. The fraction of sp³-hybridized carbons (Fsp3) is 0.333. The maximum Gasteiger partial charge on any atom is 0.267 e. The molecular formula is C21H24N2O4. The molecule has 0 saturated heterocycles. The topological polar surface area (TPSA) is 67.9 Å². The van der Waals surface area contributed by atoms with Crippen LogP contribution in [0.5, 0.6) is 11.5 Å². The Morgan fingerprint density at radius 1 is 1.22 bits per heavy atom. The van der Waals surface area contributed by atoms with Crippen LogP contribution < -0.4 is 19.7 Å². The van der Waals surface area contributed by atoms with Crippen molar-refractivity contribution in [1.29, 1.82) is 0 Å². The molecule has 2 amide bonds. The summed E-state index contributed by atoms with van der Waals surface area (Å²) >= 11 is 0. The highest BCUT2D eigenvalue weighted by Gasteiger charge is 2.29. The Balaban J connectivity index is 1.70. The number of nitrogens with zero attached hydrogens (tertiary/aromatic N) is 1. The molecule has 0 fully saturated rings. The Morgan fingerprint density at radius 3 is 2.59 bits per heavy atom. The molecule has 0 saturated carbocycles. The zero-order chi connectivity index (χ0) is 19.6. The number of likely N-dealkylation sites (N-methyl/N-ethyl adjacent to an activating group) is 1. The Labute approximate surface area is 159 Å². The maximum absolute atomic E-state index is 12.5. The van der Waals surface area contributed by atoms with Crippen LogP contribution in [0.3, 0.4) is 0 Å². The molecule has 0 bridgehead atoms. The van der Waals surface area contributed by atoms with E-state index in [1.54, 1.807) is 61.3 Å². The molecule has 0 spiro atoms. The van der Waals surface area contributed by atoms with Gasteiger partial charge in [-0.25, -0.2) is 0 Å². The SMILES string of the molecule is CC(C)COc1ccc(C(=O)Nc2ccc3c(c2)N(C)C(=O)C(C)O3)cc1. The molecular weight excluding hydrogens is 344 g/mol. The van der Waals surface area contributed by atoms with E-state index in [2.05, 4.69) is 19.2 Å². The van der Waals surface area contributed by atoms with Gasteiger partial charge in [0.2, 0.25) is 0 Å². The molecule has 1 aliphatic heterocycles. The Bertz CT molecular complexity index is 846. The van der Waals surface area contributed by atoms with E-state index in [0.717, 1.165) is 5.75 Å². The van der Waals surface area contributed by atoms with Crippen LogP contribution in [0.15, 0.2) is 42.5 Å². The average Bonchev–Trinajstić information content (AvgIpc) is 2.65. The van der Waals surface area contributed by atoms with E-state index in [1.807, 2.05) is 0 Å². The van der Waals surface area contributed by atoms with Gasteiger partial charge in [0, 0.05) is 18.3 Å². The lowest BCUT2D eigenvalue weighted by Gasteiger charge is -2.30. The molecule has 6 heteroatoms. The van der Waals surface area contributed by atoms with Gasteiger partial charge in [-0.15, -0.1) is 0 Å². The molecule has 0 aromatic heterocycles. The van der Waals surface area contributed by atoms with Crippen molar-refractivity contribution < 1.29 is 19.1 Å². The lowest BCUT2D eigenvalue weighted by atomic mass is 10.1. The summed E-state index contributed by atoms with van der Waals surface area (Å²) < 4.78 is 11.2. The largest absolute Gasteiger partial charge is 0.493 e. The first kappa shape index (κ1) is 18.8. The summed E-state index contributed by atoms with van der Waals surface area (Å²) in [7, 11) is 1.70. The van der Waals surface area contributed by atoms with E-state index < -0.39 is 6.10 Å². The van der Waals surface area contributed by atoms with E-state index in [0.29, 0.717) is 35.2 Å². The minimum absolute atomic E-state index is 0.122. The highest BCUT2D eigenvalue weighted by atomic mass is 16.5. The highest BCUT2D eigenvalue weighted by molar-refractivity contribution is 6.05. The third kappa shape index (κ3) is 4.22. The standard InChI is InChI=1S/C21H24N2O4/c1-13(2)12-26-17-8-5-15(6-9-17)20(24)22-16-7-10-19-18(11-16)23(4)21(25)14(3)27-19/h5-11,13-14H,12H2,1-4H3,(H,22,24). The number of carbonyl (C=O) groups is 2. The zero-order valence-corrected chi connectivity index (χ0v) is 16.0. The van der Waals surface area contributed by atoms with Gasteiger partial charge in [0.1, 0.15) is 11.5 Å². The van der Waals surface area contributed by atoms with Gasteiger partial charge >= 0.3 is 0 Å². The molecule has 1 unspecified atom stereocenters. The fourth-order valence-electron chi connectivity index (χ4n) is 2.76. The quantitative estimate of drug-likeness (QED) is 0.873. The summed E-state index contributed by atoms with van der Waals surface area (Å²) in [6.45, 7) is 6.51. The molecule has 2 aromatic carbocycles. The van der Waals surface area contributed by atoms with E-state index in [1.165, 1.54) is 0 Å². The number of ether oxygens (including phenoxy) is 2. The number of benzene rings is 2. The lowest BCUT2D eigenvalue weighted by molar-refractivity contribution is -0.125. The molecule has 1 N–H and O–H groups in total. The second-order valence-electron chi connectivity index (χ2n) is 7.02. The number of rotatable bonds is 5. The van der Waals surface area contributed by atoms with Crippen molar-refractivity contribution in [2.75, 3.05) is 23.9 Å². The van der Waals surface area contributed by atoms with Gasteiger partial charge in [-0.05, 0) is 55.3 Å². The van der Waals surface area contributed by atoms with Crippen molar-refractivity contribution in [2.45, 2.75) is 26.9 Å². The Kier molecular flexibility index (Phi) is 5.35. The normalized spacial score (nSPS) is 16.0. The van der Waals surface area contributed by atoms with Crippen LogP contribution in [-0.2, 0) is 4.79 Å². The van der Waals surface area contributed by atoms with Gasteiger partial charge in [-0.2, -0.15) is 0 Å². The number of nitrogens with one attached hydrogen (secondary N) is 1. The van der Waals surface area contributed by atoms with Crippen LogP contribution in [-0.4, -0.2) is 31.6 Å². The monoisotopic (exact) mass is 368 g/mol. The minimum atomic E-state index is -0.514. The van der Waals surface area contributed by atoms with Gasteiger partial charge in [-0.1, -0.05) is 13.8 Å². The van der Waals surface area contributed by atoms with Crippen molar-refractivity contribution in [3.63, 3.8) is 0 Å². The first-order valence-electron chi connectivity index (χ1n) is 8.97. The molecule has 0 radical (unpaired) electrons. The second-order valence-corrected chi connectivity index (χ2v) is 7.02. The van der Waals surface area contributed by atoms with Gasteiger partial charge in [-0.3, -0.25) is 9.59 Å². The Hall–Kier alpha value is -3.02. The minimum Gasteiger partial charge on any atom is -0.493 e. The van der Waals surface area contributed by atoms with Crippen LogP contribution in [0.2, 0.25) is 0 Å². The van der Waals surface area contributed by atoms with Gasteiger partial charge in [0.15, 0.2) is 6.10 Å². The summed E-state index contributed by atoms with van der Waals surface area (Å²) in [5.74, 6) is 1.44. The van der Waals surface area contributed by atoms with Crippen molar-refractivity contribution in [3.8, 4) is 11.5 Å². The third-order valence-corrected chi connectivity index (χ3v) is 4.26. The van der Waals surface area contributed by atoms with E-state index >= 15 is 0 Å². The highest BCUT2D eigenvalue weighted by Crippen LogP contribution is 2.35. The van der Waals surface area contributed by atoms with Crippen LogP contribution in [0.25, 0.3) is 0 Å². The smallest absolute Gasteiger partial charge is 0.267 e. The summed E-state index contributed by atoms with van der Waals surface area (Å²) in [4.78, 5) is 26.1. The summed E-state index contributed by atoms with van der Waals surface area (Å²) in [6, 6.07) is 12.3. The average molecular weight is 368 g/mol. The number of fused-ring (bicyclic) bond motifs is 1.